The Morgan fingerprint density at radius 2 is 1.88 bits per heavy atom. The summed E-state index contributed by atoms with van der Waals surface area (Å²) in [4.78, 5) is 0. The van der Waals surface area contributed by atoms with Crippen molar-refractivity contribution in [3.8, 4) is 5.75 Å². The van der Waals surface area contributed by atoms with Crippen LogP contribution in [0, 0.1) is 5.41 Å². The van der Waals surface area contributed by atoms with Gasteiger partial charge in [-0.2, -0.15) is 0 Å². The molecule has 0 unspecified atom stereocenters. The largest absolute Gasteiger partial charge is 0.460 e. The monoisotopic (exact) mass is 236 g/mol. The maximum atomic E-state index is 5.90. The average Bonchev–Trinajstić information content (AvgIpc) is 2.75. The van der Waals surface area contributed by atoms with Crippen molar-refractivity contribution in [1.82, 2.24) is 0 Å². The molecule has 0 spiro atoms. The highest BCUT2D eigenvalue weighted by Crippen LogP contribution is 2.44. The van der Waals surface area contributed by atoms with Crippen LogP contribution in [-0.4, -0.2) is 0 Å². The van der Waals surface area contributed by atoms with Gasteiger partial charge < -0.3 is 4.74 Å². The molecule has 0 saturated heterocycles. The van der Waals surface area contributed by atoms with Gasteiger partial charge in [-0.1, -0.05) is 49.6 Å². The van der Waals surface area contributed by atoms with Crippen LogP contribution in [0.1, 0.15) is 32.6 Å². The van der Waals surface area contributed by atoms with Gasteiger partial charge in [-0.15, -0.1) is 0 Å². The van der Waals surface area contributed by atoms with E-state index in [2.05, 4.69) is 6.92 Å². The van der Waals surface area contributed by atoms with Crippen LogP contribution < -0.4 is 4.74 Å². The van der Waals surface area contributed by atoms with E-state index in [1.165, 1.54) is 25.7 Å². The Morgan fingerprint density at radius 3 is 2.44 bits per heavy atom. The Bertz CT molecular complexity index is 364. The highest BCUT2D eigenvalue weighted by atomic mass is 35.5. The Kier molecular flexibility index (Phi) is 3.55. The molecule has 2 heteroatoms. The highest BCUT2D eigenvalue weighted by molar-refractivity contribution is 6.25. The summed E-state index contributed by atoms with van der Waals surface area (Å²) in [6.07, 6.45) is 4.86. The van der Waals surface area contributed by atoms with E-state index >= 15 is 0 Å². The second kappa shape index (κ2) is 4.92. The van der Waals surface area contributed by atoms with E-state index in [0.717, 1.165) is 11.5 Å². The van der Waals surface area contributed by atoms with E-state index < -0.39 is 0 Å². The summed E-state index contributed by atoms with van der Waals surface area (Å²) in [5, 5.41) is 0. The number of ether oxygens (including phenoxy) is 1. The fourth-order valence-corrected chi connectivity index (χ4v) is 2.60. The van der Waals surface area contributed by atoms with Crippen LogP contribution in [0.25, 0.3) is 0 Å². The fraction of sp³-hybridized carbons (Fsp3) is 0.429. The van der Waals surface area contributed by atoms with Crippen molar-refractivity contribution in [3.63, 3.8) is 0 Å². The summed E-state index contributed by atoms with van der Waals surface area (Å²) < 4.78 is 5.88. The van der Waals surface area contributed by atoms with Crippen molar-refractivity contribution in [2.45, 2.75) is 32.6 Å². The molecule has 1 aromatic carbocycles. The first-order valence-corrected chi connectivity index (χ1v) is 6.22. The van der Waals surface area contributed by atoms with Gasteiger partial charge in [-0.3, -0.25) is 0 Å². The molecule has 0 aromatic heterocycles. The number of allylic oxidation sites excluding steroid dienone is 1. The SMILES string of the molecule is CC1(/C(=C/Cl)Oc2ccccc2)CCCC1. The molecule has 86 valence electrons. The molecule has 1 nitrogen and oxygen atoms in total. The number of hydrogen-bond acceptors (Lipinski definition) is 1. The van der Waals surface area contributed by atoms with Gasteiger partial charge >= 0.3 is 0 Å². The molecule has 0 aliphatic heterocycles. The maximum Gasteiger partial charge on any atom is 0.127 e. The lowest BCUT2D eigenvalue weighted by Gasteiger charge is -2.26. The van der Waals surface area contributed by atoms with Crippen LogP contribution in [0.15, 0.2) is 41.6 Å². The zero-order valence-corrected chi connectivity index (χ0v) is 10.3. The highest BCUT2D eigenvalue weighted by Gasteiger charge is 2.34. The minimum Gasteiger partial charge on any atom is -0.460 e. The molecule has 0 radical (unpaired) electrons. The minimum absolute atomic E-state index is 0.123. The van der Waals surface area contributed by atoms with Crippen molar-refractivity contribution in [1.29, 1.82) is 0 Å². The van der Waals surface area contributed by atoms with Gasteiger partial charge in [0.25, 0.3) is 0 Å². The summed E-state index contributed by atoms with van der Waals surface area (Å²) in [7, 11) is 0. The van der Waals surface area contributed by atoms with Crippen LogP contribution in [-0.2, 0) is 0 Å². The first-order chi connectivity index (χ1) is 7.74. The molecule has 1 aliphatic carbocycles. The number of benzene rings is 1. The second-order valence-electron chi connectivity index (χ2n) is 4.66. The molecule has 1 aromatic rings. The van der Waals surface area contributed by atoms with E-state index in [1.54, 1.807) is 5.54 Å². The van der Waals surface area contributed by atoms with Gasteiger partial charge in [-0.25, -0.2) is 0 Å². The summed E-state index contributed by atoms with van der Waals surface area (Å²) in [6, 6.07) is 9.84. The Labute approximate surface area is 102 Å². The van der Waals surface area contributed by atoms with Crippen LogP contribution in [0.3, 0.4) is 0 Å². The van der Waals surface area contributed by atoms with Crippen molar-refractivity contribution in [2.24, 2.45) is 5.41 Å². The van der Waals surface area contributed by atoms with E-state index in [9.17, 15) is 0 Å². The molecule has 0 heterocycles. The maximum absolute atomic E-state index is 5.90. The predicted molar refractivity (Wildman–Crippen MR) is 67.6 cm³/mol. The summed E-state index contributed by atoms with van der Waals surface area (Å²) >= 11 is 5.90. The van der Waals surface area contributed by atoms with Crippen molar-refractivity contribution in [3.05, 3.63) is 41.6 Å². The molecule has 0 N–H and O–H groups in total. The molecule has 0 bridgehead atoms. The standard InChI is InChI=1S/C14H17ClO/c1-14(9-5-6-10-14)13(11-15)16-12-7-3-2-4-8-12/h2-4,7-8,11H,5-6,9-10H2,1H3/b13-11-. The number of para-hydroxylation sites is 1. The van der Waals surface area contributed by atoms with E-state index in [0.29, 0.717) is 0 Å². The van der Waals surface area contributed by atoms with Gasteiger partial charge in [0.05, 0.1) is 0 Å². The van der Waals surface area contributed by atoms with Gasteiger partial charge in [-0.05, 0) is 25.0 Å². The number of halogens is 1. The normalized spacial score (nSPS) is 19.8. The second-order valence-corrected chi connectivity index (χ2v) is 4.87. The first kappa shape index (κ1) is 11.5. The smallest absolute Gasteiger partial charge is 0.127 e. The third-order valence-electron chi connectivity index (χ3n) is 3.37. The quantitative estimate of drug-likeness (QED) is 0.690. The van der Waals surface area contributed by atoms with E-state index in [1.807, 2.05) is 30.3 Å². The van der Waals surface area contributed by atoms with Crippen molar-refractivity contribution >= 4 is 11.6 Å². The van der Waals surface area contributed by atoms with Crippen molar-refractivity contribution < 1.29 is 4.74 Å². The molecule has 1 saturated carbocycles. The molecular weight excluding hydrogens is 220 g/mol. The molecular formula is C14H17ClO. The predicted octanol–water partition coefficient (Wildman–Crippen LogP) is 4.73. The van der Waals surface area contributed by atoms with Gasteiger partial charge in [0, 0.05) is 11.0 Å². The summed E-state index contributed by atoms with van der Waals surface area (Å²) in [5.74, 6) is 1.76. The zero-order valence-electron chi connectivity index (χ0n) is 9.58. The van der Waals surface area contributed by atoms with Gasteiger partial charge in [0.15, 0.2) is 0 Å². The zero-order chi connectivity index (χ0) is 11.4. The first-order valence-electron chi connectivity index (χ1n) is 5.78. The lowest BCUT2D eigenvalue weighted by atomic mass is 9.87. The Hall–Kier alpha value is -0.950. The number of hydrogen-bond donors (Lipinski definition) is 0. The average molecular weight is 237 g/mol. The summed E-state index contributed by atoms with van der Waals surface area (Å²) in [6.45, 7) is 2.23. The van der Waals surface area contributed by atoms with E-state index in [4.69, 9.17) is 16.3 Å². The van der Waals surface area contributed by atoms with Crippen molar-refractivity contribution in [2.75, 3.05) is 0 Å². The molecule has 1 aliphatic rings. The lowest BCUT2D eigenvalue weighted by molar-refractivity contribution is 0.259. The Balaban J connectivity index is 2.13. The molecule has 0 amide bonds. The van der Waals surface area contributed by atoms with Gasteiger partial charge in [0.1, 0.15) is 11.5 Å². The molecule has 1 fully saturated rings. The van der Waals surface area contributed by atoms with Crippen LogP contribution >= 0.6 is 11.6 Å². The third-order valence-corrected chi connectivity index (χ3v) is 3.57. The van der Waals surface area contributed by atoms with Crippen LogP contribution in [0.4, 0.5) is 0 Å². The Morgan fingerprint density at radius 1 is 1.25 bits per heavy atom. The summed E-state index contributed by atoms with van der Waals surface area (Å²) in [5.41, 5.74) is 1.72. The fourth-order valence-electron chi connectivity index (χ4n) is 2.29. The molecule has 2 rings (SSSR count). The van der Waals surface area contributed by atoms with E-state index in [-0.39, 0.29) is 5.41 Å². The topological polar surface area (TPSA) is 9.23 Å². The molecule has 16 heavy (non-hydrogen) atoms. The minimum atomic E-state index is 0.123. The lowest BCUT2D eigenvalue weighted by Crippen LogP contribution is -2.18. The molecule has 0 atom stereocenters. The third kappa shape index (κ3) is 2.41. The van der Waals surface area contributed by atoms with Crippen LogP contribution in [0.2, 0.25) is 0 Å². The van der Waals surface area contributed by atoms with Gasteiger partial charge in [0.2, 0.25) is 0 Å². The van der Waals surface area contributed by atoms with Crippen LogP contribution in [0.5, 0.6) is 5.75 Å². The number of rotatable bonds is 3.